The second-order valence-electron chi connectivity index (χ2n) is 4.70. The second-order valence-corrected chi connectivity index (χ2v) is 6.02. The van der Waals surface area contributed by atoms with Crippen molar-refractivity contribution in [3.8, 4) is 0 Å². The zero-order valence-electron chi connectivity index (χ0n) is 12.1. The zero-order valence-corrected chi connectivity index (χ0v) is 12.9. The maximum absolute atomic E-state index is 11.9. The number of urea groups is 1. The van der Waals surface area contributed by atoms with Gasteiger partial charge < -0.3 is 10.6 Å². The molecule has 2 heterocycles. The van der Waals surface area contributed by atoms with Gasteiger partial charge in [-0.3, -0.25) is 4.68 Å². The second kappa shape index (κ2) is 6.04. The highest BCUT2D eigenvalue weighted by Gasteiger charge is 2.14. The number of aryl methyl sites for hydroxylation is 2. The van der Waals surface area contributed by atoms with E-state index in [1.54, 1.807) is 28.4 Å². The molecule has 0 saturated heterocycles. The normalized spacial score (nSPS) is 12.2. The van der Waals surface area contributed by atoms with Crippen molar-refractivity contribution in [1.29, 1.82) is 0 Å². The Morgan fingerprint density at radius 3 is 2.75 bits per heavy atom. The average molecular weight is 293 g/mol. The van der Waals surface area contributed by atoms with E-state index < -0.39 is 0 Å². The molecular weight excluding hydrogens is 274 g/mol. The third kappa shape index (κ3) is 3.36. The average Bonchev–Trinajstić information content (AvgIpc) is 2.95. The minimum absolute atomic E-state index is 0.0769. The van der Waals surface area contributed by atoms with E-state index in [4.69, 9.17) is 0 Å². The fraction of sp³-hybridized carbons (Fsp3) is 0.462. The zero-order chi connectivity index (χ0) is 14.7. The molecule has 2 aromatic rings. The molecule has 0 radical (unpaired) electrons. The molecule has 6 nitrogen and oxygen atoms in total. The first-order valence-electron chi connectivity index (χ1n) is 6.41. The van der Waals surface area contributed by atoms with E-state index in [2.05, 4.69) is 20.7 Å². The number of nitrogens with zero attached hydrogens (tertiary/aromatic N) is 3. The van der Waals surface area contributed by atoms with Gasteiger partial charge in [0.05, 0.1) is 23.8 Å². The maximum Gasteiger partial charge on any atom is 0.315 e. The molecule has 0 aliphatic carbocycles. The Bertz CT molecular complexity index is 604. The van der Waals surface area contributed by atoms with Crippen molar-refractivity contribution < 1.29 is 4.79 Å². The van der Waals surface area contributed by atoms with Crippen LogP contribution in [0.25, 0.3) is 0 Å². The Labute approximate surface area is 122 Å². The largest absolute Gasteiger partial charge is 0.333 e. The van der Waals surface area contributed by atoms with E-state index >= 15 is 0 Å². The van der Waals surface area contributed by atoms with Gasteiger partial charge in [0.15, 0.2) is 0 Å². The van der Waals surface area contributed by atoms with Crippen LogP contribution in [0, 0.1) is 13.8 Å². The van der Waals surface area contributed by atoms with Gasteiger partial charge in [0.1, 0.15) is 0 Å². The summed E-state index contributed by atoms with van der Waals surface area (Å²) in [4.78, 5) is 17.1. The summed E-state index contributed by atoms with van der Waals surface area (Å²) in [6.45, 7) is 6.37. The molecule has 1 unspecified atom stereocenters. The molecule has 20 heavy (non-hydrogen) atoms. The van der Waals surface area contributed by atoms with Gasteiger partial charge in [0, 0.05) is 29.4 Å². The summed E-state index contributed by atoms with van der Waals surface area (Å²) in [7, 11) is 1.89. The molecule has 0 fully saturated rings. The molecule has 0 bridgehead atoms. The molecule has 0 spiro atoms. The number of rotatable bonds is 4. The van der Waals surface area contributed by atoms with Crippen molar-refractivity contribution in [3.05, 3.63) is 33.5 Å². The van der Waals surface area contributed by atoms with Crippen molar-refractivity contribution in [2.24, 2.45) is 7.05 Å². The number of thiazole rings is 1. The molecule has 0 saturated carbocycles. The van der Waals surface area contributed by atoms with E-state index in [0.717, 1.165) is 21.1 Å². The molecule has 2 amide bonds. The van der Waals surface area contributed by atoms with Gasteiger partial charge >= 0.3 is 6.03 Å². The van der Waals surface area contributed by atoms with Gasteiger partial charge in [-0.1, -0.05) is 0 Å². The minimum Gasteiger partial charge on any atom is -0.333 e. The first-order valence-corrected chi connectivity index (χ1v) is 7.23. The first kappa shape index (κ1) is 14.5. The smallest absolute Gasteiger partial charge is 0.315 e. The summed E-state index contributed by atoms with van der Waals surface area (Å²) in [5.74, 6) is 0. The van der Waals surface area contributed by atoms with Crippen molar-refractivity contribution in [1.82, 2.24) is 25.4 Å². The highest BCUT2D eigenvalue weighted by atomic mass is 32.1. The predicted octanol–water partition coefficient (Wildman–Crippen LogP) is 2.05. The van der Waals surface area contributed by atoms with Crippen molar-refractivity contribution in [2.45, 2.75) is 33.4 Å². The van der Waals surface area contributed by atoms with Gasteiger partial charge in [-0.15, -0.1) is 11.3 Å². The summed E-state index contributed by atoms with van der Waals surface area (Å²) in [5.41, 5.74) is 2.08. The molecule has 108 valence electrons. The van der Waals surface area contributed by atoms with Crippen LogP contribution in [0.1, 0.15) is 34.1 Å². The Morgan fingerprint density at radius 2 is 2.20 bits per heavy atom. The lowest BCUT2D eigenvalue weighted by Crippen LogP contribution is -2.36. The fourth-order valence-electron chi connectivity index (χ4n) is 1.92. The van der Waals surface area contributed by atoms with Gasteiger partial charge in [-0.25, -0.2) is 9.78 Å². The lowest BCUT2D eigenvalue weighted by Gasteiger charge is -2.14. The Hall–Kier alpha value is -1.89. The van der Waals surface area contributed by atoms with Crippen LogP contribution in [0.15, 0.2) is 12.4 Å². The van der Waals surface area contributed by atoms with E-state index in [1.165, 1.54) is 0 Å². The van der Waals surface area contributed by atoms with Gasteiger partial charge in [0.2, 0.25) is 0 Å². The van der Waals surface area contributed by atoms with Crippen LogP contribution in [0.3, 0.4) is 0 Å². The summed E-state index contributed by atoms with van der Waals surface area (Å²) < 4.78 is 1.80. The molecule has 2 N–H and O–H groups in total. The van der Waals surface area contributed by atoms with Crippen LogP contribution in [-0.4, -0.2) is 20.8 Å². The van der Waals surface area contributed by atoms with Crippen LogP contribution in [0.5, 0.6) is 0 Å². The monoisotopic (exact) mass is 293 g/mol. The van der Waals surface area contributed by atoms with Crippen molar-refractivity contribution in [2.75, 3.05) is 0 Å². The number of nitrogens with one attached hydrogen (secondary N) is 2. The van der Waals surface area contributed by atoms with Crippen LogP contribution >= 0.6 is 11.3 Å². The Balaban J connectivity index is 1.86. The molecule has 2 rings (SSSR count). The summed E-state index contributed by atoms with van der Waals surface area (Å²) in [6.07, 6.45) is 3.57. The summed E-state index contributed by atoms with van der Waals surface area (Å²) in [5, 5.41) is 10.9. The lowest BCUT2D eigenvalue weighted by molar-refractivity contribution is 0.237. The van der Waals surface area contributed by atoms with Crippen LogP contribution in [-0.2, 0) is 13.6 Å². The fourth-order valence-corrected chi connectivity index (χ4v) is 2.66. The van der Waals surface area contributed by atoms with Crippen molar-refractivity contribution in [3.63, 3.8) is 0 Å². The van der Waals surface area contributed by atoms with Gasteiger partial charge in [-0.05, 0) is 20.8 Å². The number of amides is 2. The molecule has 2 aromatic heterocycles. The number of carbonyl (C=O) groups is 1. The molecular formula is C13H19N5OS. The minimum atomic E-state index is -0.188. The predicted molar refractivity (Wildman–Crippen MR) is 78.6 cm³/mol. The molecule has 0 aliphatic heterocycles. The number of hydrogen-bond donors (Lipinski definition) is 2. The maximum atomic E-state index is 11.9. The van der Waals surface area contributed by atoms with Gasteiger partial charge in [0.25, 0.3) is 0 Å². The van der Waals surface area contributed by atoms with Crippen LogP contribution in [0.2, 0.25) is 0 Å². The standard InChI is InChI=1S/C13H19N5OS/c1-8(12-7-16-18(4)9(12)2)17-13(19)15-6-11-5-14-10(3)20-11/h5,7-8H,6H2,1-4H3,(H2,15,17,19). The third-order valence-electron chi connectivity index (χ3n) is 3.18. The van der Waals surface area contributed by atoms with E-state index in [1.807, 2.05) is 27.8 Å². The van der Waals surface area contributed by atoms with Crippen molar-refractivity contribution >= 4 is 17.4 Å². The van der Waals surface area contributed by atoms with Gasteiger partial charge in [-0.2, -0.15) is 5.10 Å². The highest BCUT2D eigenvalue weighted by molar-refractivity contribution is 7.11. The highest BCUT2D eigenvalue weighted by Crippen LogP contribution is 2.16. The number of aromatic nitrogens is 3. The van der Waals surface area contributed by atoms with Crippen LogP contribution in [0.4, 0.5) is 4.79 Å². The third-order valence-corrected chi connectivity index (χ3v) is 4.09. The number of hydrogen-bond acceptors (Lipinski definition) is 4. The first-order chi connectivity index (χ1) is 9.47. The SMILES string of the molecule is Cc1ncc(CNC(=O)NC(C)c2cnn(C)c2C)s1. The van der Waals surface area contributed by atoms with Crippen LogP contribution < -0.4 is 10.6 Å². The topological polar surface area (TPSA) is 71.8 Å². The Morgan fingerprint density at radius 1 is 1.45 bits per heavy atom. The lowest BCUT2D eigenvalue weighted by atomic mass is 10.1. The molecule has 7 heteroatoms. The van der Waals surface area contributed by atoms with E-state index in [9.17, 15) is 4.79 Å². The molecule has 0 aliphatic rings. The quantitative estimate of drug-likeness (QED) is 0.906. The van der Waals surface area contributed by atoms with E-state index in [-0.39, 0.29) is 12.1 Å². The van der Waals surface area contributed by atoms with E-state index in [0.29, 0.717) is 6.54 Å². The number of carbonyl (C=O) groups excluding carboxylic acids is 1. The Kier molecular flexibility index (Phi) is 4.39. The summed E-state index contributed by atoms with van der Waals surface area (Å²) >= 11 is 1.58. The molecule has 0 aromatic carbocycles. The summed E-state index contributed by atoms with van der Waals surface area (Å²) in [6, 6.07) is -0.265. The molecule has 1 atom stereocenters.